The number of nitrogens with one attached hydrogen (secondary N) is 1. The summed E-state index contributed by atoms with van der Waals surface area (Å²) in [7, 11) is 1.94. The fraction of sp³-hybridized carbons (Fsp3) is 0.111. The van der Waals surface area contributed by atoms with E-state index in [9.17, 15) is 8.78 Å². The zero-order valence-electron chi connectivity index (χ0n) is 12.9. The quantitative estimate of drug-likeness (QED) is 0.588. The first-order valence-electron chi connectivity index (χ1n) is 7.48. The molecule has 0 aliphatic carbocycles. The van der Waals surface area contributed by atoms with Crippen molar-refractivity contribution in [3.05, 3.63) is 60.4 Å². The molecular formula is C18H14F2N4. The maximum atomic E-state index is 12.8. The smallest absolute Gasteiger partial charge is 0.263 e. The number of nitrogens with zero attached hydrogens (tertiary/aromatic N) is 3. The number of aromatic nitrogens is 3. The highest BCUT2D eigenvalue weighted by Crippen LogP contribution is 2.28. The van der Waals surface area contributed by atoms with Gasteiger partial charge in [0, 0.05) is 41.5 Å². The molecule has 0 aliphatic rings. The van der Waals surface area contributed by atoms with E-state index < -0.39 is 6.43 Å². The lowest BCUT2D eigenvalue weighted by Crippen LogP contribution is -1.97. The first-order chi connectivity index (χ1) is 11.6. The van der Waals surface area contributed by atoms with Crippen LogP contribution in [0.25, 0.3) is 21.9 Å². The summed E-state index contributed by atoms with van der Waals surface area (Å²) in [5, 5.41) is 5.13. The van der Waals surface area contributed by atoms with Crippen LogP contribution in [-0.4, -0.2) is 14.5 Å². The van der Waals surface area contributed by atoms with Gasteiger partial charge in [0.15, 0.2) is 0 Å². The first kappa shape index (κ1) is 14.6. The van der Waals surface area contributed by atoms with Crippen LogP contribution in [0.1, 0.15) is 12.0 Å². The Morgan fingerprint density at radius 2 is 1.96 bits per heavy atom. The average molecular weight is 324 g/mol. The summed E-state index contributed by atoms with van der Waals surface area (Å²) in [6.45, 7) is 0. The fourth-order valence-corrected chi connectivity index (χ4v) is 2.89. The number of benzene rings is 1. The van der Waals surface area contributed by atoms with Gasteiger partial charge in [-0.15, -0.1) is 0 Å². The third-order valence-corrected chi connectivity index (χ3v) is 4.05. The van der Waals surface area contributed by atoms with Crippen LogP contribution in [-0.2, 0) is 7.05 Å². The van der Waals surface area contributed by atoms with Gasteiger partial charge < -0.3 is 9.88 Å². The van der Waals surface area contributed by atoms with Gasteiger partial charge in [0.1, 0.15) is 11.5 Å². The number of anilines is 2. The van der Waals surface area contributed by atoms with Gasteiger partial charge in [-0.3, -0.25) is 4.98 Å². The fourth-order valence-electron chi connectivity index (χ4n) is 2.89. The third-order valence-electron chi connectivity index (χ3n) is 4.05. The second-order valence-electron chi connectivity index (χ2n) is 5.57. The molecule has 120 valence electrons. The number of rotatable bonds is 3. The highest BCUT2D eigenvalue weighted by atomic mass is 19.3. The summed E-state index contributed by atoms with van der Waals surface area (Å²) in [4.78, 5) is 8.78. The zero-order valence-corrected chi connectivity index (χ0v) is 12.9. The molecule has 1 aromatic carbocycles. The van der Waals surface area contributed by atoms with Gasteiger partial charge in [0.2, 0.25) is 0 Å². The van der Waals surface area contributed by atoms with Crippen LogP contribution in [0, 0.1) is 0 Å². The van der Waals surface area contributed by atoms with Crippen molar-refractivity contribution in [2.45, 2.75) is 6.43 Å². The van der Waals surface area contributed by atoms with E-state index in [-0.39, 0.29) is 5.56 Å². The maximum absolute atomic E-state index is 12.8. The summed E-state index contributed by atoms with van der Waals surface area (Å²) in [5.41, 5.74) is 2.43. The van der Waals surface area contributed by atoms with Crippen molar-refractivity contribution in [1.82, 2.24) is 14.5 Å². The summed E-state index contributed by atoms with van der Waals surface area (Å²) < 4.78 is 27.6. The summed E-state index contributed by atoms with van der Waals surface area (Å²) in [6.07, 6.45) is 1.07. The lowest BCUT2D eigenvalue weighted by atomic mass is 10.2. The Balaban J connectivity index is 1.77. The van der Waals surface area contributed by atoms with Crippen LogP contribution in [0.2, 0.25) is 0 Å². The predicted octanol–water partition coefficient (Wildman–Crippen LogP) is 4.80. The molecule has 0 amide bonds. The monoisotopic (exact) mass is 324 g/mol. The number of fused-ring (bicyclic) bond motifs is 3. The molecule has 1 N–H and O–H groups in total. The van der Waals surface area contributed by atoms with E-state index in [0.717, 1.165) is 21.9 Å². The van der Waals surface area contributed by atoms with E-state index in [4.69, 9.17) is 0 Å². The van der Waals surface area contributed by atoms with Crippen molar-refractivity contribution in [3.63, 3.8) is 0 Å². The molecule has 0 saturated carbocycles. The summed E-state index contributed by atoms with van der Waals surface area (Å²) in [6, 6.07) is 11.9. The molecule has 0 radical (unpaired) electrons. The molecule has 4 aromatic rings. The Labute approximate surface area is 136 Å². The molecule has 4 nitrogen and oxygen atoms in total. The molecule has 0 fully saturated rings. The summed E-state index contributed by atoms with van der Waals surface area (Å²) >= 11 is 0. The van der Waals surface area contributed by atoms with Crippen molar-refractivity contribution < 1.29 is 8.78 Å². The Morgan fingerprint density at radius 3 is 2.79 bits per heavy atom. The van der Waals surface area contributed by atoms with E-state index >= 15 is 0 Å². The molecule has 4 rings (SSSR count). The number of alkyl halides is 2. The predicted molar refractivity (Wildman–Crippen MR) is 90.7 cm³/mol. The maximum Gasteiger partial charge on any atom is 0.263 e. The van der Waals surface area contributed by atoms with Gasteiger partial charge in [-0.25, -0.2) is 13.8 Å². The molecule has 0 aliphatic heterocycles. The topological polar surface area (TPSA) is 42.7 Å². The van der Waals surface area contributed by atoms with E-state index in [1.165, 1.54) is 12.1 Å². The lowest BCUT2D eigenvalue weighted by Gasteiger charge is -2.08. The minimum Gasteiger partial charge on any atom is -0.340 e. The SMILES string of the molecule is Cn1c2ccncc2c2ccc(Nc3cccc(C(F)F)c3)nc21. The zero-order chi connectivity index (χ0) is 16.7. The molecule has 0 atom stereocenters. The van der Waals surface area contributed by atoms with E-state index in [1.54, 1.807) is 18.3 Å². The lowest BCUT2D eigenvalue weighted by molar-refractivity contribution is 0.151. The number of hydrogen-bond acceptors (Lipinski definition) is 3. The van der Waals surface area contributed by atoms with Crippen LogP contribution < -0.4 is 5.32 Å². The van der Waals surface area contributed by atoms with Gasteiger partial charge >= 0.3 is 0 Å². The largest absolute Gasteiger partial charge is 0.340 e. The van der Waals surface area contributed by atoms with E-state index in [2.05, 4.69) is 15.3 Å². The molecule has 0 unspecified atom stereocenters. The Bertz CT molecular complexity index is 1040. The second kappa shape index (κ2) is 5.56. The van der Waals surface area contributed by atoms with Crippen molar-refractivity contribution in [1.29, 1.82) is 0 Å². The standard InChI is InChI=1S/C18H14F2N4/c1-24-15-7-8-21-10-14(15)13-5-6-16(23-18(13)24)22-12-4-2-3-11(9-12)17(19)20/h2-10,17H,1H3,(H,22,23). The molecule has 0 bridgehead atoms. The van der Waals surface area contributed by atoms with Gasteiger partial charge in [-0.1, -0.05) is 12.1 Å². The van der Waals surface area contributed by atoms with Gasteiger partial charge in [-0.2, -0.15) is 0 Å². The molecule has 6 heteroatoms. The molecule has 3 heterocycles. The van der Waals surface area contributed by atoms with Crippen LogP contribution >= 0.6 is 0 Å². The average Bonchev–Trinajstić information content (AvgIpc) is 2.88. The Hall–Kier alpha value is -3.02. The molecule has 24 heavy (non-hydrogen) atoms. The number of pyridine rings is 2. The minimum atomic E-state index is -2.49. The second-order valence-corrected chi connectivity index (χ2v) is 5.57. The van der Waals surface area contributed by atoms with Crippen LogP contribution in [0.5, 0.6) is 0 Å². The van der Waals surface area contributed by atoms with Gasteiger partial charge in [-0.05, 0) is 30.3 Å². The van der Waals surface area contributed by atoms with Crippen molar-refractivity contribution >= 4 is 33.4 Å². The third kappa shape index (κ3) is 2.36. The van der Waals surface area contributed by atoms with Gasteiger partial charge in [0.05, 0.1) is 5.52 Å². The molecule has 3 aromatic heterocycles. The normalized spacial score (nSPS) is 11.5. The van der Waals surface area contributed by atoms with Crippen molar-refractivity contribution in [3.8, 4) is 0 Å². The van der Waals surface area contributed by atoms with Crippen molar-refractivity contribution in [2.24, 2.45) is 7.05 Å². The Kier molecular flexibility index (Phi) is 3.37. The molecular weight excluding hydrogens is 310 g/mol. The molecule has 0 spiro atoms. The highest BCUT2D eigenvalue weighted by molar-refractivity contribution is 6.06. The minimum absolute atomic E-state index is 0.0169. The Morgan fingerprint density at radius 1 is 1.08 bits per heavy atom. The van der Waals surface area contributed by atoms with Crippen LogP contribution in [0.15, 0.2) is 54.9 Å². The van der Waals surface area contributed by atoms with Crippen LogP contribution in [0.3, 0.4) is 0 Å². The first-order valence-corrected chi connectivity index (χ1v) is 7.48. The van der Waals surface area contributed by atoms with E-state index in [1.807, 2.05) is 36.0 Å². The van der Waals surface area contributed by atoms with Crippen molar-refractivity contribution in [2.75, 3.05) is 5.32 Å². The number of hydrogen-bond donors (Lipinski definition) is 1. The number of halogens is 2. The molecule has 0 saturated heterocycles. The number of aryl methyl sites for hydroxylation is 1. The summed E-state index contributed by atoms with van der Waals surface area (Å²) in [5.74, 6) is 0.604. The van der Waals surface area contributed by atoms with Gasteiger partial charge in [0.25, 0.3) is 6.43 Å². The van der Waals surface area contributed by atoms with Crippen LogP contribution in [0.4, 0.5) is 20.3 Å². The van der Waals surface area contributed by atoms with E-state index in [0.29, 0.717) is 11.5 Å². The highest BCUT2D eigenvalue weighted by Gasteiger charge is 2.11.